The maximum Gasteiger partial charge on any atom is 0.257 e. The van der Waals surface area contributed by atoms with Gasteiger partial charge in [0.2, 0.25) is 0 Å². The van der Waals surface area contributed by atoms with Crippen LogP contribution < -0.4 is 5.32 Å². The highest BCUT2D eigenvalue weighted by molar-refractivity contribution is 7.98. The summed E-state index contributed by atoms with van der Waals surface area (Å²) in [4.78, 5) is 19.2. The summed E-state index contributed by atoms with van der Waals surface area (Å²) in [5.74, 6) is 0.554. The SMILES string of the molecule is COCCN(C)CCNC(=O)c1ccccc1CSc1nc2ccccc2o1. The number of para-hydroxylation sites is 2. The van der Waals surface area contributed by atoms with Crippen molar-refractivity contribution in [1.29, 1.82) is 0 Å². The molecule has 0 unspecified atom stereocenters. The number of likely N-dealkylation sites (N-methyl/N-ethyl adjacent to an activating group) is 1. The molecule has 2 aromatic carbocycles. The van der Waals surface area contributed by atoms with Gasteiger partial charge in [0.1, 0.15) is 5.52 Å². The lowest BCUT2D eigenvalue weighted by molar-refractivity contribution is 0.0947. The van der Waals surface area contributed by atoms with E-state index >= 15 is 0 Å². The van der Waals surface area contributed by atoms with E-state index in [2.05, 4.69) is 15.2 Å². The van der Waals surface area contributed by atoms with Crippen LogP contribution in [0.25, 0.3) is 11.1 Å². The number of methoxy groups -OCH3 is 1. The van der Waals surface area contributed by atoms with Crippen molar-refractivity contribution in [2.24, 2.45) is 0 Å². The number of benzene rings is 2. The van der Waals surface area contributed by atoms with Crippen LogP contribution in [0.15, 0.2) is 58.2 Å². The van der Waals surface area contributed by atoms with Gasteiger partial charge in [-0.2, -0.15) is 0 Å². The third-order valence-corrected chi connectivity index (χ3v) is 5.22. The Bertz CT molecular complexity index is 880. The van der Waals surface area contributed by atoms with Crippen molar-refractivity contribution in [2.75, 3.05) is 40.4 Å². The number of rotatable bonds is 10. The maximum atomic E-state index is 12.6. The largest absolute Gasteiger partial charge is 0.431 e. The van der Waals surface area contributed by atoms with Crippen molar-refractivity contribution in [1.82, 2.24) is 15.2 Å². The van der Waals surface area contributed by atoms with Crippen LogP contribution in [0, 0.1) is 0 Å². The number of hydrogen-bond donors (Lipinski definition) is 1. The van der Waals surface area contributed by atoms with Crippen molar-refractivity contribution < 1.29 is 13.9 Å². The number of amides is 1. The lowest BCUT2D eigenvalue weighted by Gasteiger charge is -2.16. The zero-order valence-electron chi connectivity index (χ0n) is 16.2. The normalized spacial score (nSPS) is 11.2. The molecule has 0 aliphatic heterocycles. The highest BCUT2D eigenvalue weighted by Gasteiger charge is 2.13. The minimum Gasteiger partial charge on any atom is -0.431 e. The number of nitrogens with zero attached hydrogens (tertiary/aromatic N) is 2. The second-order valence-electron chi connectivity index (χ2n) is 6.45. The minimum absolute atomic E-state index is 0.0612. The lowest BCUT2D eigenvalue weighted by Crippen LogP contribution is -2.34. The fourth-order valence-corrected chi connectivity index (χ4v) is 3.58. The third kappa shape index (κ3) is 5.58. The number of ether oxygens (including phenoxy) is 1. The summed E-state index contributed by atoms with van der Waals surface area (Å²) in [7, 11) is 3.70. The monoisotopic (exact) mass is 399 g/mol. The second-order valence-corrected chi connectivity index (χ2v) is 7.37. The molecule has 3 rings (SSSR count). The van der Waals surface area contributed by atoms with Crippen molar-refractivity contribution in [2.45, 2.75) is 11.0 Å². The number of thioether (sulfide) groups is 1. The second kappa shape index (κ2) is 10.3. The first-order valence-corrected chi connectivity index (χ1v) is 10.2. The van der Waals surface area contributed by atoms with Crippen LogP contribution >= 0.6 is 11.8 Å². The number of nitrogens with one attached hydrogen (secondary N) is 1. The van der Waals surface area contributed by atoms with Crippen LogP contribution in [-0.2, 0) is 10.5 Å². The van der Waals surface area contributed by atoms with E-state index in [0.29, 0.717) is 29.7 Å². The number of aromatic nitrogens is 1. The Morgan fingerprint density at radius 1 is 1.18 bits per heavy atom. The first kappa shape index (κ1) is 20.4. The Balaban J connectivity index is 1.56. The first-order chi connectivity index (χ1) is 13.7. The molecule has 0 saturated carbocycles. The molecule has 0 aliphatic rings. The summed E-state index contributed by atoms with van der Waals surface area (Å²) in [6.07, 6.45) is 0. The number of oxazole rings is 1. The molecule has 148 valence electrons. The lowest BCUT2D eigenvalue weighted by atomic mass is 10.1. The van der Waals surface area contributed by atoms with E-state index in [1.54, 1.807) is 7.11 Å². The van der Waals surface area contributed by atoms with Crippen LogP contribution in [0.3, 0.4) is 0 Å². The van der Waals surface area contributed by atoms with Gasteiger partial charge >= 0.3 is 0 Å². The molecule has 6 nitrogen and oxygen atoms in total. The summed E-state index contributed by atoms with van der Waals surface area (Å²) in [6, 6.07) is 15.3. The van der Waals surface area contributed by atoms with E-state index in [1.807, 2.05) is 55.6 Å². The van der Waals surface area contributed by atoms with Gasteiger partial charge in [-0.15, -0.1) is 0 Å². The van der Waals surface area contributed by atoms with Gasteiger partial charge in [0.15, 0.2) is 5.58 Å². The van der Waals surface area contributed by atoms with Crippen molar-refractivity contribution in [3.8, 4) is 0 Å². The quantitative estimate of drug-likeness (QED) is 0.527. The predicted molar refractivity (Wildman–Crippen MR) is 112 cm³/mol. The molecular weight excluding hydrogens is 374 g/mol. The van der Waals surface area contributed by atoms with E-state index in [4.69, 9.17) is 9.15 Å². The Morgan fingerprint density at radius 2 is 1.96 bits per heavy atom. The number of carbonyl (C=O) groups excluding carboxylic acids is 1. The van der Waals surface area contributed by atoms with Gasteiger partial charge in [-0.3, -0.25) is 4.79 Å². The van der Waals surface area contributed by atoms with E-state index in [-0.39, 0.29) is 5.91 Å². The van der Waals surface area contributed by atoms with Crippen molar-refractivity contribution in [3.63, 3.8) is 0 Å². The van der Waals surface area contributed by atoms with E-state index in [9.17, 15) is 4.79 Å². The highest BCUT2D eigenvalue weighted by Crippen LogP contribution is 2.27. The smallest absolute Gasteiger partial charge is 0.257 e. The van der Waals surface area contributed by atoms with Gasteiger partial charge in [0, 0.05) is 38.1 Å². The zero-order chi connectivity index (χ0) is 19.8. The Kier molecular flexibility index (Phi) is 7.47. The van der Waals surface area contributed by atoms with E-state index in [1.165, 1.54) is 11.8 Å². The minimum atomic E-state index is -0.0612. The summed E-state index contributed by atoms with van der Waals surface area (Å²) in [5, 5.41) is 3.60. The molecule has 0 aliphatic carbocycles. The van der Waals surface area contributed by atoms with E-state index in [0.717, 1.165) is 29.8 Å². The summed E-state index contributed by atoms with van der Waals surface area (Å²) >= 11 is 1.49. The summed E-state index contributed by atoms with van der Waals surface area (Å²) in [5.41, 5.74) is 3.26. The Morgan fingerprint density at radius 3 is 2.79 bits per heavy atom. The number of hydrogen-bond acceptors (Lipinski definition) is 6. The van der Waals surface area contributed by atoms with Crippen LogP contribution in [-0.4, -0.2) is 56.2 Å². The predicted octanol–water partition coefficient (Wildman–Crippen LogP) is 3.43. The summed E-state index contributed by atoms with van der Waals surface area (Å²) in [6.45, 7) is 2.88. The number of carbonyl (C=O) groups is 1. The molecule has 0 radical (unpaired) electrons. The van der Waals surface area contributed by atoms with Crippen LogP contribution in [0.1, 0.15) is 15.9 Å². The standard InChI is InChI=1S/C21H25N3O3S/c1-24(13-14-26-2)12-11-22-20(25)17-8-4-3-7-16(17)15-28-21-23-18-9-5-6-10-19(18)27-21/h3-10H,11-15H2,1-2H3,(H,22,25). The molecule has 0 saturated heterocycles. The van der Waals surface area contributed by atoms with Crippen LogP contribution in [0.2, 0.25) is 0 Å². The molecule has 1 N–H and O–H groups in total. The van der Waals surface area contributed by atoms with Gasteiger partial charge in [-0.1, -0.05) is 42.1 Å². The molecule has 3 aromatic rings. The zero-order valence-corrected chi connectivity index (χ0v) is 17.0. The van der Waals surface area contributed by atoms with Crippen LogP contribution in [0.5, 0.6) is 0 Å². The number of fused-ring (bicyclic) bond motifs is 1. The molecule has 0 fully saturated rings. The molecule has 0 atom stereocenters. The molecule has 1 amide bonds. The average molecular weight is 400 g/mol. The van der Waals surface area contributed by atoms with Crippen molar-refractivity contribution in [3.05, 3.63) is 59.7 Å². The summed E-state index contributed by atoms with van der Waals surface area (Å²) < 4.78 is 10.8. The van der Waals surface area contributed by atoms with Gasteiger partial charge in [-0.05, 0) is 30.8 Å². The highest BCUT2D eigenvalue weighted by atomic mass is 32.2. The molecule has 1 heterocycles. The fraction of sp³-hybridized carbons (Fsp3) is 0.333. The molecule has 7 heteroatoms. The molecule has 28 heavy (non-hydrogen) atoms. The Labute approximate surface area is 169 Å². The third-order valence-electron chi connectivity index (χ3n) is 4.34. The van der Waals surface area contributed by atoms with Crippen LogP contribution in [0.4, 0.5) is 0 Å². The van der Waals surface area contributed by atoms with Crippen molar-refractivity contribution >= 4 is 28.8 Å². The van der Waals surface area contributed by atoms with E-state index < -0.39 is 0 Å². The van der Waals surface area contributed by atoms with Gasteiger partial charge < -0.3 is 19.4 Å². The average Bonchev–Trinajstić information content (AvgIpc) is 3.14. The maximum absolute atomic E-state index is 12.6. The van der Waals surface area contributed by atoms with Gasteiger partial charge in [0.05, 0.1) is 6.61 Å². The molecule has 0 bridgehead atoms. The Hall–Kier alpha value is -2.35. The van der Waals surface area contributed by atoms with Gasteiger partial charge in [0.25, 0.3) is 11.1 Å². The van der Waals surface area contributed by atoms with Gasteiger partial charge in [-0.25, -0.2) is 4.98 Å². The first-order valence-electron chi connectivity index (χ1n) is 9.19. The fourth-order valence-electron chi connectivity index (χ4n) is 2.73. The molecule has 0 spiro atoms. The molecule has 1 aromatic heterocycles. The topological polar surface area (TPSA) is 67.6 Å². The molecular formula is C21H25N3O3S.